The fourth-order valence-corrected chi connectivity index (χ4v) is 1.65. The highest BCUT2D eigenvalue weighted by molar-refractivity contribution is 5.96. The van der Waals surface area contributed by atoms with E-state index in [0.717, 1.165) is 0 Å². The summed E-state index contributed by atoms with van der Waals surface area (Å²) in [6.07, 6.45) is 0.430. The first-order valence-electron chi connectivity index (χ1n) is 6.14. The third-order valence-corrected chi connectivity index (χ3v) is 2.80. The van der Waals surface area contributed by atoms with E-state index in [4.69, 9.17) is 10.00 Å². The van der Waals surface area contributed by atoms with E-state index in [9.17, 15) is 9.18 Å². The molecule has 19 heavy (non-hydrogen) atoms. The molecule has 0 aromatic heterocycles. The Balaban J connectivity index is 2.95. The second-order valence-electron chi connectivity index (χ2n) is 4.03. The molecule has 1 aromatic carbocycles. The van der Waals surface area contributed by atoms with E-state index in [0.29, 0.717) is 18.7 Å². The lowest BCUT2D eigenvalue weighted by atomic mass is 10.1. The summed E-state index contributed by atoms with van der Waals surface area (Å²) in [5, 5.41) is 8.87. The van der Waals surface area contributed by atoms with Crippen LogP contribution in [0.3, 0.4) is 0 Å². The summed E-state index contributed by atoms with van der Waals surface area (Å²) < 4.78 is 18.8. The molecule has 1 atom stereocenters. The SMILES string of the molecule is CCOc1ccc(N(C)C(=O)C(C#N)CC)cc1F. The van der Waals surface area contributed by atoms with E-state index in [-0.39, 0.29) is 11.7 Å². The topological polar surface area (TPSA) is 53.3 Å². The number of carbonyl (C=O) groups excluding carboxylic acids is 1. The molecule has 4 nitrogen and oxygen atoms in total. The van der Waals surface area contributed by atoms with Gasteiger partial charge in [-0.2, -0.15) is 5.26 Å². The van der Waals surface area contributed by atoms with Crippen molar-refractivity contribution in [2.75, 3.05) is 18.6 Å². The Bertz CT molecular complexity index is 497. The van der Waals surface area contributed by atoms with Crippen molar-refractivity contribution in [3.63, 3.8) is 0 Å². The number of nitriles is 1. The second kappa shape index (κ2) is 6.74. The quantitative estimate of drug-likeness (QED) is 0.821. The maximum atomic E-state index is 13.7. The summed E-state index contributed by atoms with van der Waals surface area (Å²) in [5.74, 6) is -1.42. The van der Waals surface area contributed by atoms with Crippen LogP contribution in [0.15, 0.2) is 18.2 Å². The molecule has 0 bridgehead atoms. The van der Waals surface area contributed by atoms with Gasteiger partial charge in [-0.15, -0.1) is 0 Å². The van der Waals surface area contributed by atoms with Crippen molar-refractivity contribution in [2.45, 2.75) is 20.3 Å². The number of hydrogen-bond donors (Lipinski definition) is 0. The van der Waals surface area contributed by atoms with Crippen molar-refractivity contribution in [2.24, 2.45) is 5.92 Å². The highest BCUT2D eigenvalue weighted by Gasteiger charge is 2.21. The lowest BCUT2D eigenvalue weighted by Gasteiger charge is -2.20. The third-order valence-electron chi connectivity index (χ3n) is 2.80. The van der Waals surface area contributed by atoms with Gasteiger partial charge in [0.15, 0.2) is 11.6 Å². The third kappa shape index (κ3) is 3.44. The number of benzene rings is 1. The monoisotopic (exact) mass is 264 g/mol. The summed E-state index contributed by atoms with van der Waals surface area (Å²) >= 11 is 0. The van der Waals surface area contributed by atoms with Gasteiger partial charge in [-0.25, -0.2) is 4.39 Å². The average molecular weight is 264 g/mol. The fourth-order valence-electron chi connectivity index (χ4n) is 1.65. The van der Waals surface area contributed by atoms with E-state index in [1.807, 2.05) is 6.07 Å². The number of hydrogen-bond acceptors (Lipinski definition) is 3. The number of rotatable bonds is 5. The summed E-state index contributed by atoms with van der Waals surface area (Å²) in [6, 6.07) is 6.24. The fraction of sp³-hybridized carbons (Fsp3) is 0.429. The van der Waals surface area contributed by atoms with Crippen LogP contribution in [0.4, 0.5) is 10.1 Å². The van der Waals surface area contributed by atoms with Crippen LogP contribution in [0.5, 0.6) is 5.75 Å². The molecule has 0 aliphatic heterocycles. The summed E-state index contributed by atoms with van der Waals surface area (Å²) in [5.41, 5.74) is 0.402. The van der Waals surface area contributed by atoms with Gasteiger partial charge in [0.25, 0.3) is 0 Å². The molecule has 1 rings (SSSR count). The minimum Gasteiger partial charge on any atom is -0.491 e. The molecule has 0 aliphatic rings. The lowest BCUT2D eigenvalue weighted by molar-refractivity contribution is -0.120. The van der Waals surface area contributed by atoms with E-state index < -0.39 is 11.7 Å². The summed E-state index contributed by atoms with van der Waals surface area (Å²) in [4.78, 5) is 13.3. The predicted molar refractivity (Wildman–Crippen MR) is 70.4 cm³/mol. The molecule has 1 unspecified atom stereocenters. The van der Waals surface area contributed by atoms with Crippen LogP contribution >= 0.6 is 0 Å². The largest absolute Gasteiger partial charge is 0.491 e. The van der Waals surface area contributed by atoms with Gasteiger partial charge in [-0.1, -0.05) is 6.92 Å². The Morgan fingerprint density at radius 3 is 2.68 bits per heavy atom. The van der Waals surface area contributed by atoms with E-state index >= 15 is 0 Å². The molecule has 0 aliphatic carbocycles. The Kier molecular flexibility index (Phi) is 5.31. The Labute approximate surface area is 112 Å². The number of nitrogens with zero attached hydrogens (tertiary/aromatic N) is 2. The van der Waals surface area contributed by atoms with Crippen LogP contribution in [-0.2, 0) is 4.79 Å². The van der Waals surface area contributed by atoms with E-state index in [1.165, 1.54) is 24.1 Å². The molecule has 0 saturated carbocycles. The van der Waals surface area contributed by atoms with Gasteiger partial charge < -0.3 is 9.64 Å². The first-order chi connectivity index (χ1) is 9.04. The molecule has 0 spiro atoms. The molecule has 5 heteroatoms. The zero-order valence-electron chi connectivity index (χ0n) is 11.3. The van der Waals surface area contributed by atoms with Gasteiger partial charge in [-0.3, -0.25) is 4.79 Å². The number of ether oxygens (including phenoxy) is 1. The van der Waals surface area contributed by atoms with Gasteiger partial charge in [0.05, 0.1) is 12.7 Å². The summed E-state index contributed by atoms with van der Waals surface area (Å²) in [6.45, 7) is 3.90. The minimum atomic E-state index is -0.709. The van der Waals surface area contributed by atoms with E-state index in [1.54, 1.807) is 19.9 Å². The highest BCUT2D eigenvalue weighted by Crippen LogP contribution is 2.24. The molecule has 0 radical (unpaired) electrons. The molecule has 0 fully saturated rings. The van der Waals surface area contributed by atoms with Crippen LogP contribution in [0.1, 0.15) is 20.3 Å². The van der Waals surface area contributed by atoms with Crippen LogP contribution in [0.2, 0.25) is 0 Å². The number of halogens is 1. The standard InChI is InChI=1S/C14H17FN2O2/c1-4-10(9-16)14(18)17(3)11-6-7-13(19-5-2)12(15)8-11/h6-8,10H,4-5H2,1-3H3. The zero-order valence-corrected chi connectivity index (χ0v) is 11.3. The van der Waals surface area contributed by atoms with Crippen LogP contribution < -0.4 is 9.64 Å². The second-order valence-corrected chi connectivity index (χ2v) is 4.03. The maximum Gasteiger partial charge on any atom is 0.244 e. The zero-order chi connectivity index (χ0) is 14.4. The van der Waals surface area contributed by atoms with Crippen LogP contribution in [0, 0.1) is 23.1 Å². The number of carbonyl (C=O) groups is 1. The van der Waals surface area contributed by atoms with Crippen molar-refractivity contribution >= 4 is 11.6 Å². The van der Waals surface area contributed by atoms with Gasteiger partial charge in [0.1, 0.15) is 5.92 Å². The van der Waals surface area contributed by atoms with Crippen molar-refractivity contribution in [3.05, 3.63) is 24.0 Å². The van der Waals surface area contributed by atoms with Gasteiger partial charge in [-0.05, 0) is 25.5 Å². The highest BCUT2D eigenvalue weighted by atomic mass is 19.1. The normalized spacial score (nSPS) is 11.5. The van der Waals surface area contributed by atoms with Gasteiger partial charge in [0, 0.05) is 18.8 Å². The molecule has 0 N–H and O–H groups in total. The molecule has 1 aromatic rings. The predicted octanol–water partition coefficient (Wildman–Crippen LogP) is 2.74. The molecule has 0 saturated heterocycles. The smallest absolute Gasteiger partial charge is 0.244 e. The lowest BCUT2D eigenvalue weighted by Crippen LogP contribution is -2.32. The number of anilines is 1. The van der Waals surface area contributed by atoms with Crippen molar-refractivity contribution in [1.82, 2.24) is 0 Å². The van der Waals surface area contributed by atoms with Crippen molar-refractivity contribution in [3.8, 4) is 11.8 Å². The molecular weight excluding hydrogens is 247 g/mol. The molecule has 0 heterocycles. The first kappa shape index (κ1) is 15.0. The Hall–Kier alpha value is -2.09. The van der Waals surface area contributed by atoms with Crippen LogP contribution in [0.25, 0.3) is 0 Å². The summed E-state index contributed by atoms with van der Waals surface area (Å²) in [7, 11) is 1.53. The number of amides is 1. The molecule has 102 valence electrons. The molecule has 1 amide bonds. The van der Waals surface area contributed by atoms with Gasteiger partial charge in [0.2, 0.25) is 5.91 Å². The van der Waals surface area contributed by atoms with Crippen molar-refractivity contribution < 1.29 is 13.9 Å². The first-order valence-corrected chi connectivity index (χ1v) is 6.14. The van der Waals surface area contributed by atoms with Gasteiger partial charge >= 0.3 is 0 Å². The Morgan fingerprint density at radius 1 is 1.53 bits per heavy atom. The minimum absolute atomic E-state index is 0.152. The Morgan fingerprint density at radius 2 is 2.21 bits per heavy atom. The molecular formula is C14H17FN2O2. The average Bonchev–Trinajstić information content (AvgIpc) is 2.41. The maximum absolute atomic E-state index is 13.7. The van der Waals surface area contributed by atoms with E-state index in [2.05, 4.69) is 0 Å². The van der Waals surface area contributed by atoms with Crippen molar-refractivity contribution in [1.29, 1.82) is 5.26 Å². The van der Waals surface area contributed by atoms with Crippen LogP contribution in [-0.4, -0.2) is 19.6 Å².